The molecule has 27 heavy (non-hydrogen) atoms. The second-order valence-corrected chi connectivity index (χ2v) is 7.16. The van der Waals surface area contributed by atoms with Crippen LogP contribution in [0.3, 0.4) is 0 Å². The predicted molar refractivity (Wildman–Crippen MR) is 105 cm³/mol. The van der Waals surface area contributed by atoms with Gasteiger partial charge in [-0.15, -0.1) is 0 Å². The zero-order valence-corrected chi connectivity index (χ0v) is 15.2. The average molecular weight is 368 g/mol. The topological polar surface area (TPSA) is 93.0 Å². The molecule has 1 heterocycles. The van der Waals surface area contributed by atoms with E-state index < -0.39 is 12.7 Å². The zero-order valence-electron chi connectivity index (χ0n) is 15.2. The number of carbonyl (C=O) groups is 1. The molecule has 3 rings (SSSR count). The Hall–Kier alpha value is -2.19. The SMILES string of the molecule is O=C(NCC1(O)CCN(Cc2ccccc2)CC1)c1ccc(B(O)O)cc1. The lowest BCUT2D eigenvalue weighted by Crippen LogP contribution is -2.50. The highest BCUT2D eigenvalue weighted by Gasteiger charge is 2.32. The molecular weight excluding hydrogens is 343 g/mol. The second kappa shape index (κ2) is 8.67. The van der Waals surface area contributed by atoms with E-state index in [9.17, 15) is 9.90 Å². The molecule has 0 saturated carbocycles. The van der Waals surface area contributed by atoms with Gasteiger partial charge in [0.05, 0.1) is 5.60 Å². The van der Waals surface area contributed by atoms with Crippen LogP contribution in [-0.4, -0.2) is 58.3 Å². The number of aliphatic hydroxyl groups is 1. The maximum atomic E-state index is 12.3. The van der Waals surface area contributed by atoms with Crippen molar-refractivity contribution in [2.45, 2.75) is 25.0 Å². The minimum Gasteiger partial charge on any atom is -0.423 e. The van der Waals surface area contributed by atoms with Crippen molar-refractivity contribution in [1.29, 1.82) is 0 Å². The van der Waals surface area contributed by atoms with Crippen LogP contribution in [-0.2, 0) is 6.54 Å². The summed E-state index contributed by atoms with van der Waals surface area (Å²) in [6.45, 7) is 2.64. The second-order valence-electron chi connectivity index (χ2n) is 7.16. The summed E-state index contributed by atoms with van der Waals surface area (Å²) in [5, 5.41) is 31.7. The maximum absolute atomic E-state index is 12.3. The van der Waals surface area contributed by atoms with E-state index in [1.807, 2.05) is 18.2 Å². The largest absolute Gasteiger partial charge is 0.488 e. The van der Waals surface area contributed by atoms with E-state index in [1.54, 1.807) is 0 Å². The number of likely N-dealkylation sites (tertiary alicyclic amines) is 1. The first-order valence-electron chi connectivity index (χ1n) is 9.18. The summed E-state index contributed by atoms with van der Waals surface area (Å²) in [6.07, 6.45) is 1.21. The molecule has 0 spiro atoms. The van der Waals surface area contributed by atoms with Crippen LogP contribution in [0.4, 0.5) is 0 Å². The Morgan fingerprint density at radius 3 is 2.26 bits per heavy atom. The predicted octanol–water partition coefficient (Wildman–Crippen LogP) is 0.123. The normalized spacial score (nSPS) is 16.7. The number of carbonyl (C=O) groups excluding carboxylic acids is 1. The monoisotopic (exact) mass is 368 g/mol. The molecule has 1 aliphatic heterocycles. The van der Waals surface area contributed by atoms with Crippen LogP contribution < -0.4 is 10.8 Å². The average Bonchev–Trinajstić information content (AvgIpc) is 2.69. The van der Waals surface area contributed by atoms with E-state index >= 15 is 0 Å². The standard InChI is InChI=1S/C20H25BN2O4/c24-19(17-6-8-18(9-7-17)21(26)27)22-15-20(25)10-12-23(13-11-20)14-16-4-2-1-3-5-16/h1-9,25-27H,10-15H2,(H,22,24). The first-order chi connectivity index (χ1) is 13.0. The Balaban J connectivity index is 1.47. The fourth-order valence-corrected chi connectivity index (χ4v) is 3.30. The third kappa shape index (κ3) is 5.40. The Labute approximate surface area is 159 Å². The fraction of sp³-hybridized carbons (Fsp3) is 0.350. The molecule has 2 aromatic rings. The van der Waals surface area contributed by atoms with Gasteiger partial charge in [0.15, 0.2) is 0 Å². The van der Waals surface area contributed by atoms with Crippen LogP contribution in [0.1, 0.15) is 28.8 Å². The van der Waals surface area contributed by atoms with Crippen molar-refractivity contribution in [3.63, 3.8) is 0 Å². The van der Waals surface area contributed by atoms with Gasteiger partial charge >= 0.3 is 7.12 Å². The van der Waals surface area contributed by atoms with Gasteiger partial charge in [0.2, 0.25) is 0 Å². The van der Waals surface area contributed by atoms with Crippen LogP contribution in [0, 0.1) is 0 Å². The molecule has 6 nitrogen and oxygen atoms in total. The quantitative estimate of drug-likeness (QED) is 0.544. The molecule has 2 aromatic carbocycles. The number of hydrogen-bond acceptors (Lipinski definition) is 5. The van der Waals surface area contributed by atoms with E-state index in [2.05, 4.69) is 22.3 Å². The molecule has 0 aromatic heterocycles. The highest BCUT2D eigenvalue weighted by atomic mass is 16.4. The number of piperidine rings is 1. The molecule has 4 N–H and O–H groups in total. The Morgan fingerprint density at radius 2 is 1.67 bits per heavy atom. The number of benzene rings is 2. The smallest absolute Gasteiger partial charge is 0.423 e. The van der Waals surface area contributed by atoms with E-state index in [0.29, 0.717) is 23.9 Å². The van der Waals surface area contributed by atoms with Crippen molar-refractivity contribution in [2.24, 2.45) is 0 Å². The summed E-state index contributed by atoms with van der Waals surface area (Å²) in [4.78, 5) is 14.6. The van der Waals surface area contributed by atoms with Gasteiger partial charge in [0.25, 0.3) is 5.91 Å². The van der Waals surface area contributed by atoms with Crippen molar-refractivity contribution >= 4 is 18.5 Å². The number of amides is 1. The summed E-state index contributed by atoms with van der Waals surface area (Å²) in [6, 6.07) is 16.3. The van der Waals surface area contributed by atoms with Crippen molar-refractivity contribution in [2.75, 3.05) is 19.6 Å². The van der Waals surface area contributed by atoms with Crippen molar-refractivity contribution < 1.29 is 19.9 Å². The van der Waals surface area contributed by atoms with Crippen molar-refractivity contribution in [1.82, 2.24) is 10.2 Å². The van der Waals surface area contributed by atoms with Crippen LogP contribution in [0.25, 0.3) is 0 Å². The van der Waals surface area contributed by atoms with Gasteiger partial charge in [-0.25, -0.2) is 0 Å². The first kappa shape index (κ1) is 19.6. The summed E-state index contributed by atoms with van der Waals surface area (Å²) >= 11 is 0. The summed E-state index contributed by atoms with van der Waals surface area (Å²) < 4.78 is 0. The molecule has 0 aliphatic carbocycles. The number of nitrogens with zero attached hydrogens (tertiary/aromatic N) is 1. The van der Waals surface area contributed by atoms with Gasteiger partial charge in [-0.1, -0.05) is 42.5 Å². The number of nitrogens with one attached hydrogen (secondary N) is 1. The van der Waals surface area contributed by atoms with Gasteiger partial charge in [-0.05, 0) is 36.0 Å². The van der Waals surface area contributed by atoms with Gasteiger partial charge in [-0.3, -0.25) is 9.69 Å². The minimum absolute atomic E-state index is 0.204. The van der Waals surface area contributed by atoms with E-state index in [0.717, 1.165) is 19.6 Å². The van der Waals surface area contributed by atoms with Gasteiger partial charge in [-0.2, -0.15) is 0 Å². The van der Waals surface area contributed by atoms with E-state index in [4.69, 9.17) is 10.0 Å². The Bertz CT molecular complexity index is 744. The third-order valence-electron chi connectivity index (χ3n) is 5.08. The van der Waals surface area contributed by atoms with Crippen molar-refractivity contribution in [3.8, 4) is 0 Å². The van der Waals surface area contributed by atoms with Gasteiger partial charge in [0, 0.05) is 31.7 Å². The molecule has 0 bridgehead atoms. The van der Waals surface area contributed by atoms with E-state index in [1.165, 1.54) is 29.8 Å². The molecule has 7 heteroatoms. The first-order valence-corrected chi connectivity index (χ1v) is 9.18. The maximum Gasteiger partial charge on any atom is 0.488 e. The summed E-state index contributed by atoms with van der Waals surface area (Å²) in [5.74, 6) is -0.283. The van der Waals surface area contributed by atoms with Crippen LogP contribution in [0.5, 0.6) is 0 Å². The zero-order chi connectivity index (χ0) is 19.3. The number of rotatable bonds is 6. The molecule has 0 unspecified atom stereocenters. The molecule has 1 fully saturated rings. The molecule has 142 valence electrons. The highest BCUT2D eigenvalue weighted by Crippen LogP contribution is 2.23. The Morgan fingerprint density at radius 1 is 1.04 bits per heavy atom. The summed E-state index contributed by atoms with van der Waals surface area (Å²) in [7, 11) is -1.55. The van der Waals surface area contributed by atoms with Crippen molar-refractivity contribution in [3.05, 3.63) is 65.7 Å². The highest BCUT2D eigenvalue weighted by molar-refractivity contribution is 6.58. The van der Waals surface area contributed by atoms with Crippen LogP contribution >= 0.6 is 0 Å². The number of hydrogen-bond donors (Lipinski definition) is 4. The molecular formula is C20H25BN2O4. The van der Waals surface area contributed by atoms with E-state index in [-0.39, 0.29) is 12.5 Å². The fourth-order valence-electron chi connectivity index (χ4n) is 3.30. The molecule has 0 atom stereocenters. The molecule has 0 radical (unpaired) electrons. The lowest BCUT2D eigenvalue weighted by molar-refractivity contribution is -0.0207. The third-order valence-corrected chi connectivity index (χ3v) is 5.08. The summed E-state index contributed by atoms with van der Waals surface area (Å²) in [5.41, 5.74) is 1.11. The molecule has 1 aliphatic rings. The van der Waals surface area contributed by atoms with Gasteiger partial charge in [0.1, 0.15) is 0 Å². The molecule has 1 amide bonds. The van der Waals surface area contributed by atoms with Gasteiger partial charge < -0.3 is 20.5 Å². The molecule has 1 saturated heterocycles. The Kier molecular flexibility index (Phi) is 6.28. The van der Waals surface area contributed by atoms with Crippen LogP contribution in [0.15, 0.2) is 54.6 Å². The minimum atomic E-state index is -1.55. The van der Waals surface area contributed by atoms with Crippen LogP contribution in [0.2, 0.25) is 0 Å². The lowest BCUT2D eigenvalue weighted by Gasteiger charge is -2.38. The lowest BCUT2D eigenvalue weighted by atomic mass is 9.80.